The van der Waals surface area contributed by atoms with Crippen LogP contribution in [0.15, 0.2) is 6.20 Å². The van der Waals surface area contributed by atoms with E-state index in [0.717, 1.165) is 5.92 Å². The number of hydrogen-bond donors (Lipinski definition) is 1. The molecule has 1 aliphatic rings. The maximum atomic E-state index is 4.50. The van der Waals surface area contributed by atoms with Gasteiger partial charge in [0.25, 0.3) is 0 Å². The molecule has 0 spiro atoms. The van der Waals surface area contributed by atoms with E-state index in [0.29, 0.717) is 6.04 Å². The molecule has 1 fully saturated rings. The number of aromatic nitrogens is 2. The number of aryl methyl sites for hydroxylation is 2. The highest BCUT2D eigenvalue weighted by atomic mass is 15.3. The average Bonchev–Trinajstić information content (AvgIpc) is 2.77. The normalized spacial score (nSPS) is 21.4. The maximum absolute atomic E-state index is 4.50. The molecule has 4 nitrogen and oxygen atoms in total. The Balaban J connectivity index is 2.04. The van der Waals surface area contributed by atoms with Crippen LogP contribution >= 0.6 is 0 Å². The van der Waals surface area contributed by atoms with Crippen LogP contribution in [0.1, 0.15) is 50.4 Å². The summed E-state index contributed by atoms with van der Waals surface area (Å²) in [5, 5.41) is 8.03. The van der Waals surface area contributed by atoms with E-state index in [1.165, 1.54) is 56.7 Å². The minimum Gasteiger partial charge on any atom is -0.316 e. The number of hydrogen-bond acceptors (Lipinski definition) is 3. The quantitative estimate of drug-likeness (QED) is 0.868. The van der Waals surface area contributed by atoms with Crippen molar-refractivity contribution >= 4 is 0 Å². The number of nitrogens with one attached hydrogen (secondary N) is 1. The Morgan fingerprint density at radius 2 is 2.35 bits per heavy atom. The first-order valence-corrected chi connectivity index (χ1v) is 8.06. The van der Waals surface area contributed by atoms with Crippen LogP contribution < -0.4 is 5.32 Å². The molecule has 2 atom stereocenters. The zero-order valence-corrected chi connectivity index (χ0v) is 13.5. The first-order chi connectivity index (χ1) is 9.61. The molecular weight excluding hydrogens is 248 g/mol. The van der Waals surface area contributed by atoms with Crippen LogP contribution in [0.5, 0.6) is 0 Å². The Morgan fingerprint density at radius 3 is 2.90 bits per heavy atom. The Hall–Kier alpha value is -0.870. The molecule has 2 rings (SSSR count). The highest BCUT2D eigenvalue weighted by Gasteiger charge is 2.23. The third kappa shape index (κ3) is 3.83. The van der Waals surface area contributed by atoms with Gasteiger partial charge in [0, 0.05) is 31.4 Å². The Bertz CT molecular complexity index is 407. The highest BCUT2D eigenvalue weighted by Crippen LogP contribution is 2.25. The summed E-state index contributed by atoms with van der Waals surface area (Å²) in [7, 11) is 2.01. The van der Waals surface area contributed by atoms with Crippen molar-refractivity contribution in [1.82, 2.24) is 20.0 Å². The minimum atomic E-state index is 0.463. The van der Waals surface area contributed by atoms with E-state index in [9.17, 15) is 0 Å². The van der Waals surface area contributed by atoms with Crippen LogP contribution in [-0.2, 0) is 7.05 Å². The Morgan fingerprint density at radius 1 is 1.55 bits per heavy atom. The second kappa shape index (κ2) is 7.23. The van der Waals surface area contributed by atoms with Crippen molar-refractivity contribution in [3.63, 3.8) is 0 Å². The molecule has 0 aromatic carbocycles. The van der Waals surface area contributed by atoms with Gasteiger partial charge >= 0.3 is 0 Å². The molecule has 1 N–H and O–H groups in total. The Kier molecular flexibility index (Phi) is 5.61. The molecule has 1 aliphatic heterocycles. The van der Waals surface area contributed by atoms with Gasteiger partial charge in [-0.25, -0.2) is 0 Å². The lowest BCUT2D eigenvalue weighted by Gasteiger charge is -2.34. The van der Waals surface area contributed by atoms with Gasteiger partial charge in [0.05, 0.1) is 5.69 Å². The van der Waals surface area contributed by atoms with Crippen molar-refractivity contribution in [3.8, 4) is 0 Å². The summed E-state index contributed by atoms with van der Waals surface area (Å²) in [4.78, 5) is 2.64. The maximum Gasteiger partial charge on any atom is 0.0641 e. The summed E-state index contributed by atoms with van der Waals surface area (Å²) in [6, 6.07) is 0.463. The molecule has 0 aliphatic carbocycles. The average molecular weight is 278 g/mol. The van der Waals surface area contributed by atoms with Crippen molar-refractivity contribution in [2.45, 2.75) is 46.1 Å². The van der Waals surface area contributed by atoms with Gasteiger partial charge in [-0.3, -0.25) is 9.58 Å². The van der Waals surface area contributed by atoms with E-state index in [2.05, 4.69) is 42.3 Å². The summed E-state index contributed by atoms with van der Waals surface area (Å²) >= 11 is 0. The van der Waals surface area contributed by atoms with E-state index in [1.54, 1.807) is 0 Å². The predicted octanol–water partition coefficient (Wildman–Crippen LogP) is 2.50. The molecular formula is C16H30N4. The molecule has 0 radical (unpaired) electrons. The highest BCUT2D eigenvalue weighted by molar-refractivity contribution is 5.19. The van der Waals surface area contributed by atoms with Crippen LogP contribution in [0.2, 0.25) is 0 Å². The third-order valence-electron chi connectivity index (χ3n) is 4.45. The summed E-state index contributed by atoms with van der Waals surface area (Å²) in [6.45, 7) is 11.5. The lowest BCUT2D eigenvalue weighted by molar-refractivity contribution is 0.162. The van der Waals surface area contributed by atoms with E-state index < -0.39 is 0 Å². The summed E-state index contributed by atoms with van der Waals surface area (Å²) in [5.41, 5.74) is 2.55. The van der Waals surface area contributed by atoms with E-state index >= 15 is 0 Å². The summed E-state index contributed by atoms with van der Waals surface area (Å²) in [5.74, 6) is 0.801. The SMILES string of the molecule is CCCN(CC1CCCNC1)C(C)c1cn(C)nc1C. The molecule has 114 valence electrons. The van der Waals surface area contributed by atoms with Crippen LogP contribution in [-0.4, -0.2) is 40.9 Å². The van der Waals surface area contributed by atoms with Gasteiger partial charge in [-0.2, -0.15) is 5.10 Å². The minimum absolute atomic E-state index is 0.463. The van der Waals surface area contributed by atoms with E-state index in [4.69, 9.17) is 0 Å². The van der Waals surface area contributed by atoms with Crippen LogP contribution in [0, 0.1) is 12.8 Å². The van der Waals surface area contributed by atoms with Crippen molar-refractivity contribution in [2.24, 2.45) is 13.0 Å². The van der Waals surface area contributed by atoms with Crippen LogP contribution in [0.3, 0.4) is 0 Å². The fourth-order valence-corrected chi connectivity index (χ4v) is 3.37. The van der Waals surface area contributed by atoms with Crippen LogP contribution in [0.4, 0.5) is 0 Å². The second-order valence-corrected chi connectivity index (χ2v) is 6.23. The smallest absolute Gasteiger partial charge is 0.0641 e. The third-order valence-corrected chi connectivity index (χ3v) is 4.45. The molecule has 1 aromatic rings. The first kappa shape index (κ1) is 15.5. The van der Waals surface area contributed by atoms with E-state index in [-0.39, 0.29) is 0 Å². The zero-order chi connectivity index (χ0) is 14.5. The molecule has 1 aromatic heterocycles. The zero-order valence-electron chi connectivity index (χ0n) is 13.5. The van der Waals surface area contributed by atoms with Gasteiger partial charge in [0.15, 0.2) is 0 Å². The number of nitrogens with zero attached hydrogens (tertiary/aromatic N) is 3. The molecule has 2 heterocycles. The van der Waals surface area contributed by atoms with Crippen molar-refractivity contribution in [1.29, 1.82) is 0 Å². The van der Waals surface area contributed by atoms with Gasteiger partial charge in [0.1, 0.15) is 0 Å². The van der Waals surface area contributed by atoms with Gasteiger partial charge in [-0.1, -0.05) is 6.92 Å². The monoisotopic (exact) mass is 278 g/mol. The van der Waals surface area contributed by atoms with Gasteiger partial charge in [0.2, 0.25) is 0 Å². The molecule has 0 amide bonds. The molecule has 0 saturated carbocycles. The summed E-state index contributed by atoms with van der Waals surface area (Å²) in [6.07, 6.45) is 6.09. The van der Waals surface area contributed by atoms with Gasteiger partial charge < -0.3 is 5.32 Å². The van der Waals surface area contributed by atoms with Crippen molar-refractivity contribution < 1.29 is 0 Å². The fourth-order valence-electron chi connectivity index (χ4n) is 3.37. The van der Waals surface area contributed by atoms with Gasteiger partial charge in [-0.05, 0) is 58.7 Å². The molecule has 0 bridgehead atoms. The molecule has 2 unspecified atom stereocenters. The molecule has 4 heteroatoms. The van der Waals surface area contributed by atoms with Crippen molar-refractivity contribution in [2.75, 3.05) is 26.2 Å². The number of rotatable bonds is 6. The number of piperidine rings is 1. The molecule has 20 heavy (non-hydrogen) atoms. The fraction of sp³-hybridized carbons (Fsp3) is 0.812. The van der Waals surface area contributed by atoms with Crippen molar-refractivity contribution in [3.05, 3.63) is 17.5 Å². The molecule has 1 saturated heterocycles. The topological polar surface area (TPSA) is 33.1 Å². The predicted molar refractivity (Wildman–Crippen MR) is 83.8 cm³/mol. The first-order valence-electron chi connectivity index (χ1n) is 8.06. The Labute approximate surface area is 123 Å². The lowest BCUT2D eigenvalue weighted by atomic mass is 9.97. The largest absolute Gasteiger partial charge is 0.316 e. The van der Waals surface area contributed by atoms with Gasteiger partial charge in [-0.15, -0.1) is 0 Å². The summed E-state index contributed by atoms with van der Waals surface area (Å²) < 4.78 is 1.94. The standard InChI is InChI=1S/C16H30N4/c1-5-9-20(11-15-7-6-8-17-10-15)14(3)16-12-19(4)18-13(16)2/h12,14-15,17H,5-11H2,1-4H3. The van der Waals surface area contributed by atoms with E-state index in [1.807, 2.05) is 11.7 Å². The second-order valence-electron chi connectivity index (χ2n) is 6.23. The lowest BCUT2D eigenvalue weighted by Crippen LogP contribution is -2.39. The van der Waals surface area contributed by atoms with Crippen LogP contribution in [0.25, 0.3) is 0 Å².